The van der Waals surface area contributed by atoms with Gasteiger partial charge in [-0.15, -0.1) is 0 Å². The summed E-state index contributed by atoms with van der Waals surface area (Å²) in [5.41, 5.74) is 4.58. The van der Waals surface area contributed by atoms with E-state index in [0.29, 0.717) is 0 Å². The molecule has 0 radical (unpaired) electrons. The van der Waals surface area contributed by atoms with Crippen LogP contribution in [0.1, 0.15) is 61.1 Å². The Bertz CT molecular complexity index is 391. The normalized spacial score (nSPS) is 18.5. The molecule has 1 saturated carbocycles. The second kappa shape index (κ2) is 7.09. The summed E-state index contributed by atoms with van der Waals surface area (Å²) in [6.45, 7) is 5.68. The second-order valence-electron chi connectivity index (χ2n) is 6.19. The molecule has 0 saturated heterocycles. The summed E-state index contributed by atoms with van der Waals surface area (Å²) in [7, 11) is 2.07. The first-order chi connectivity index (χ1) is 9.24. The molecule has 0 aliphatic heterocycles. The van der Waals surface area contributed by atoms with Gasteiger partial charge >= 0.3 is 0 Å². The number of aryl methyl sites for hydroxylation is 1. The van der Waals surface area contributed by atoms with E-state index in [1.807, 2.05) is 0 Å². The average molecular weight is 259 g/mol. The Morgan fingerprint density at radius 2 is 1.89 bits per heavy atom. The van der Waals surface area contributed by atoms with Crippen LogP contribution in [0.3, 0.4) is 0 Å². The third-order valence-electron chi connectivity index (χ3n) is 4.97. The minimum absolute atomic E-state index is 0.757. The summed E-state index contributed by atoms with van der Waals surface area (Å²) in [4.78, 5) is 0. The molecule has 1 nitrogen and oxygen atoms in total. The molecule has 1 heteroatoms. The first-order valence-corrected chi connectivity index (χ1v) is 7.94. The lowest BCUT2D eigenvalue weighted by molar-refractivity contribution is 0.292. The highest BCUT2D eigenvalue weighted by atomic mass is 14.8. The van der Waals surface area contributed by atoms with Gasteiger partial charge in [-0.2, -0.15) is 0 Å². The third kappa shape index (κ3) is 3.60. The molecule has 0 bridgehead atoms. The quantitative estimate of drug-likeness (QED) is 0.816. The molecule has 1 aliphatic carbocycles. The summed E-state index contributed by atoms with van der Waals surface area (Å²) in [6, 6.07) is 6.86. The van der Waals surface area contributed by atoms with Gasteiger partial charge in [-0.3, -0.25) is 0 Å². The first-order valence-electron chi connectivity index (χ1n) is 7.94. The molecule has 0 amide bonds. The third-order valence-corrected chi connectivity index (χ3v) is 4.97. The van der Waals surface area contributed by atoms with E-state index in [1.165, 1.54) is 49.7 Å². The molecule has 106 valence electrons. The van der Waals surface area contributed by atoms with Crippen LogP contribution in [-0.4, -0.2) is 13.6 Å². The molecular weight excluding hydrogens is 230 g/mol. The molecule has 19 heavy (non-hydrogen) atoms. The number of hydrogen-bond donors (Lipinski definition) is 1. The van der Waals surface area contributed by atoms with Crippen molar-refractivity contribution >= 4 is 0 Å². The van der Waals surface area contributed by atoms with Crippen LogP contribution in [0.25, 0.3) is 0 Å². The average Bonchev–Trinajstić information content (AvgIpc) is 2.45. The molecule has 1 fully saturated rings. The van der Waals surface area contributed by atoms with E-state index in [0.717, 1.165) is 18.4 Å². The zero-order chi connectivity index (χ0) is 13.7. The maximum Gasteiger partial charge on any atom is -0.00460 e. The maximum absolute atomic E-state index is 3.34. The lowest BCUT2D eigenvalue weighted by Gasteiger charge is -2.32. The fourth-order valence-electron chi connectivity index (χ4n) is 3.66. The fourth-order valence-corrected chi connectivity index (χ4v) is 3.66. The Kier molecular flexibility index (Phi) is 5.45. The van der Waals surface area contributed by atoms with E-state index in [2.05, 4.69) is 44.4 Å². The van der Waals surface area contributed by atoms with Crippen molar-refractivity contribution in [2.75, 3.05) is 13.6 Å². The van der Waals surface area contributed by atoms with Gasteiger partial charge < -0.3 is 5.32 Å². The second-order valence-corrected chi connectivity index (χ2v) is 6.19. The van der Waals surface area contributed by atoms with Crippen molar-refractivity contribution in [3.05, 3.63) is 34.9 Å². The maximum atomic E-state index is 3.34. The zero-order valence-corrected chi connectivity index (χ0v) is 12.8. The van der Waals surface area contributed by atoms with Gasteiger partial charge in [0.15, 0.2) is 0 Å². The molecule has 1 atom stereocenters. The molecule has 1 aliphatic rings. The highest BCUT2D eigenvalue weighted by molar-refractivity contribution is 5.36. The summed E-state index contributed by atoms with van der Waals surface area (Å²) < 4.78 is 0. The molecule has 1 aromatic carbocycles. The van der Waals surface area contributed by atoms with Crippen molar-refractivity contribution in [3.63, 3.8) is 0 Å². The smallest absolute Gasteiger partial charge is 0.00460 e. The van der Waals surface area contributed by atoms with Crippen LogP contribution >= 0.6 is 0 Å². The topological polar surface area (TPSA) is 12.0 Å². The van der Waals surface area contributed by atoms with Gasteiger partial charge in [-0.1, -0.05) is 37.5 Å². The Morgan fingerprint density at radius 1 is 1.16 bits per heavy atom. The molecule has 0 heterocycles. The summed E-state index contributed by atoms with van der Waals surface area (Å²) in [5, 5.41) is 3.34. The lowest BCUT2D eigenvalue weighted by Crippen LogP contribution is -2.21. The van der Waals surface area contributed by atoms with Crippen molar-refractivity contribution in [2.24, 2.45) is 5.92 Å². The van der Waals surface area contributed by atoms with Crippen molar-refractivity contribution in [2.45, 2.75) is 58.3 Å². The van der Waals surface area contributed by atoms with E-state index in [-0.39, 0.29) is 0 Å². The predicted molar refractivity (Wildman–Crippen MR) is 83.8 cm³/mol. The van der Waals surface area contributed by atoms with Crippen LogP contribution in [0, 0.1) is 19.8 Å². The molecule has 2 rings (SSSR count). The Hall–Kier alpha value is -0.820. The SMILES string of the molecule is CNCCC(c1cccc(C)c1C)C1CCCCC1. The summed E-state index contributed by atoms with van der Waals surface area (Å²) >= 11 is 0. The van der Waals surface area contributed by atoms with Gasteiger partial charge in [-0.25, -0.2) is 0 Å². The molecule has 0 spiro atoms. The summed E-state index contributed by atoms with van der Waals surface area (Å²) in [5.74, 6) is 1.66. The largest absolute Gasteiger partial charge is 0.320 e. The van der Waals surface area contributed by atoms with E-state index in [4.69, 9.17) is 0 Å². The van der Waals surface area contributed by atoms with E-state index in [9.17, 15) is 0 Å². The van der Waals surface area contributed by atoms with Gasteiger partial charge in [0.2, 0.25) is 0 Å². The minimum atomic E-state index is 0.757. The van der Waals surface area contributed by atoms with Crippen LogP contribution in [-0.2, 0) is 0 Å². The predicted octanol–water partition coefficient (Wildman–Crippen LogP) is 4.58. The molecule has 0 aromatic heterocycles. The van der Waals surface area contributed by atoms with E-state index < -0.39 is 0 Å². The summed E-state index contributed by atoms with van der Waals surface area (Å²) in [6.07, 6.45) is 8.47. The Labute approximate surface area is 118 Å². The van der Waals surface area contributed by atoms with E-state index in [1.54, 1.807) is 5.56 Å². The van der Waals surface area contributed by atoms with Gasteiger partial charge in [0, 0.05) is 0 Å². The van der Waals surface area contributed by atoms with Crippen molar-refractivity contribution in [3.8, 4) is 0 Å². The number of hydrogen-bond acceptors (Lipinski definition) is 1. The van der Waals surface area contributed by atoms with Crippen LogP contribution in [0.4, 0.5) is 0 Å². The zero-order valence-electron chi connectivity index (χ0n) is 12.8. The first kappa shape index (κ1) is 14.6. The molecule has 1 aromatic rings. The van der Waals surface area contributed by atoms with Crippen molar-refractivity contribution in [1.82, 2.24) is 5.32 Å². The van der Waals surface area contributed by atoms with Gasteiger partial charge in [0.25, 0.3) is 0 Å². The van der Waals surface area contributed by atoms with Crippen molar-refractivity contribution < 1.29 is 0 Å². The van der Waals surface area contributed by atoms with Gasteiger partial charge in [0.05, 0.1) is 0 Å². The van der Waals surface area contributed by atoms with Crippen LogP contribution in [0.5, 0.6) is 0 Å². The molecular formula is C18H29N. The number of rotatable bonds is 5. The minimum Gasteiger partial charge on any atom is -0.320 e. The highest BCUT2D eigenvalue weighted by Crippen LogP contribution is 2.39. The van der Waals surface area contributed by atoms with Crippen LogP contribution < -0.4 is 5.32 Å². The van der Waals surface area contributed by atoms with Crippen LogP contribution in [0.2, 0.25) is 0 Å². The fraction of sp³-hybridized carbons (Fsp3) is 0.667. The molecule has 1 unspecified atom stereocenters. The monoisotopic (exact) mass is 259 g/mol. The van der Waals surface area contributed by atoms with E-state index >= 15 is 0 Å². The highest BCUT2D eigenvalue weighted by Gasteiger charge is 2.25. The van der Waals surface area contributed by atoms with Crippen LogP contribution in [0.15, 0.2) is 18.2 Å². The van der Waals surface area contributed by atoms with Gasteiger partial charge in [-0.05, 0) is 75.2 Å². The van der Waals surface area contributed by atoms with Crippen molar-refractivity contribution in [1.29, 1.82) is 0 Å². The Balaban J connectivity index is 2.22. The number of benzene rings is 1. The van der Waals surface area contributed by atoms with Gasteiger partial charge in [0.1, 0.15) is 0 Å². The lowest BCUT2D eigenvalue weighted by atomic mass is 9.74. The molecule has 1 N–H and O–H groups in total. The Morgan fingerprint density at radius 3 is 2.58 bits per heavy atom. The standard InChI is InChI=1S/C18H29N/c1-14-8-7-11-17(15(14)2)18(12-13-19-3)16-9-5-4-6-10-16/h7-8,11,16,18-19H,4-6,9-10,12-13H2,1-3H3. The number of nitrogens with one attached hydrogen (secondary N) is 1.